The van der Waals surface area contributed by atoms with Crippen molar-refractivity contribution >= 4 is 17.4 Å². The second-order valence-corrected chi connectivity index (χ2v) is 3.95. The van der Waals surface area contributed by atoms with Gasteiger partial charge in [-0.25, -0.2) is 9.97 Å². The first-order valence-corrected chi connectivity index (χ1v) is 5.68. The van der Waals surface area contributed by atoms with Gasteiger partial charge in [0.2, 0.25) is 5.28 Å². The largest absolute Gasteiger partial charge is 0.383 e. The van der Waals surface area contributed by atoms with Crippen LogP contribution in [0, 0.1) is 0 Å². The molecule has 0 atom stereocenters. The fourth-order valence-corrected chi connectivity index (χ4v) is 1.92. The van der Waals surface area contributed by atoms with E-state index in [1.165, 1.54) is 0 Å². The lowest BCUT2D eigenvalue weighted by molar-refractivity contribution is 0.210. The van der Waals surface area contributed by atoms with E-state index in [1.54, 1.807) is 7.11 Å². The zero-order valence-corrected chi connectivity index (χ0v) is 9.97. The average Bonchev–Trinajstić information content (AvgIpc) is 2.29. The van der Waals surface area contributed by atoms with E-state index >= 15 is 0 Å². The van der Waals surface area contributed by atoms with E-state index < -0.39 is 0 Å². The predicted molar refractivity (Wildman–Crippen MR) is 62.8 cm³/mol. The van der Waals surface area contributed by atoms with Gasteiger partial charge < -0.3 is 15.4 Å². The highest BCUT2D eigenvalue weighted by Gasteiger charge is 2.16. The summed E-state index contributed by atoms with van der Waals surface area (Å²) in [6, 6.07) is 0. The molecular formula is C10H15ClN4O. The molecule has 88 valence electrons. The standard InChI is InChI=1S/C10H15ClN4O/c1-16-5-4-13-9-7-6-12-3-2-8(7)14-10(11)15-9/h12H,2-6H2,1H3,(H,13,14,15). The molecule has 0 saturated heterocycles. The molecule has 0 fully saturated rings. The van der Waals surface area contributed by atoms with Gasteiger partial charge in [-0.15, -0.1) is 0 Å². The van der Waals surface area contributed by atoms with Gasteiger partial charge in [-0.1, -0.05) is 0 Å². The third-order valence-electron chi connectivity index (χ3n) is 2.50. The molecule has 0 amide bonds. The van der Waals surface area contributed by atoms with Crippen LogP contribution in [0.5, 0.6) is 0 Å². The Balaban J connectivity index is 2.18. The number of hydrogen-bond donors (Lipinski definition) is 2. The van der Waals surface area contributed by atoms with Gasteiger partial charge in [-0.2, -0.15) is 0 Å². The van der Waals surface area contributed by atoms with Crippen LogP contribution >= 0.6 is 11.6 Å². The molecule has 0 radical (unpaired) electrons. The van der Waals surface area contributed by atoms with E-state index in [0.717, 1.165) is 43.1 Å². The average molecular weight is 243 g/mol. The van der Waals surface area contributed by atoms with Gasteiger partial charge in [-0.3, -0.25) is 0 Å². The van der Waals surface area contributed by atoms with E-state index in [-0.39, 0.29) is 0 Å². The molecule has 2 N–H and O–H groups in total. The smallest absolute Gasteiger partial charge is 0.224 e. The van der Waals surface area contributed by atoms with Crippen LogP contribution in [0.3, 0.4) is 0 Å². The summed E-state index contributed by atoms with van der Waals surface area (Å²) < 4.78 is 4.98. The fraction of sp³-hybridized carbons (Fsp3) is 0.600. The summed E-state index contributed by atoms with van der Waals surface area (Å²) in [5.74, 6) is 0.819. The quantitative estimate of drug-likeness (QED) is 0.605. The number of hydrogen-bond acceptors (Lipinski definition) is 5. The van der Waals surface area contributed by atoms with Crippen molar-refractivity contribution in [1.82, 2.24) is 15.3 Å². The number of rotatable bonds is 4. The SMILES string of the molecule is COCCNc1nc(Cl)nc2c1CNCC2. The lowest BCUT2D eigenvalue weighted by Gasteiger charge is -2.19. The third kappa shape index (κ3) is 2.61. The Labute approximate surface area is 99.6 Å². The van der Waals surface area contributed by atoms with Crippen LogP contribution in [-0.2, 0) is 17.7 Å². The van der Waals surface area contributed by atoms with Crippen molar-refractivity contribution < 1.29 is 4.74 Å². The fourth-order valence-electron chi connectivity index (χ4n) is 1.73. The number of nitrogens with one attached hydrogen (secondary N) is 2. The van der Waals surface area contributed by atoms with Crippen LogP contribution in [0.1, 0.15) is 11.3 Å². The summed E-state index contributed by atoms with van der Waals surface area (Å²) in [4.78, 5) is 8.45. The van der Waals surface area contributed by atoms with E-state index in [0.29, 0.717) is 11.9 Å². The summed E-state index contributed by atoms with van der Waals surface area (Å²) in [6.07, 6.45) is 0.899. The zero-order valence-electron chi connectivity index (χ0n) is 9.22. The van der Waals surface area contributed by atoms with Crippen LogP contribution in [-0.4, -0.2) is 36.8 Å². The van der Waals surface area contributed by atoms with E-state index in [1.807, 2.05) is 0 Å². The lowest BCUT2D eigenvalue weighted by Crippen LogP contribution is -2.26. The van der Waals surface area contributed by atoms with Crippen LogP contribution in [0.2, 0.25) is 5.28 Å². The first-order chi connectivity index (χ1) is 7.81. The van der Waals surface area contributed by atoms with E-state index in [2.05, 4.69) is 20.6 Å². The summed E-state index contributed by atoms with van der Waals surface area (Å²) in [6.45, 7) is 3.10. The highest BCUT2D eigenvalue weighted by atomic mass is 35.5. The Morgan fingerprint density at radius 2 is 2.38 bits per heavy atom. The molecule has 2 rings (SSSR count). The normalized spacial score (nSPS) is 14.6. The van der Waals surface area contributed by atoms with Crippen molar-refractivity contribution in [2.24, 2.45) is 0 Å². The van der Waals surface area contributed by atoms with Crippen LogP contribution in [0.25, 0.3) is 0 Å². The minimum atomic E-state index is 0.306. The molecule has 2 heterocycles. The molecule has 16 heavy (non-hydrogen) atoms. The topological polar surface area (TPSA) is 59.1 Å². The molecule has 0 bridgehead atoms. The molecule has 0 aliphatic carbocycles. The van der Waals surface area contributed by atoms with Gasteiger partial charge in [-0.05, 0) is 11.6 Å². The van der Waals surface area contributed by atoms with Crippen molar-refractivity contribution in [3.05, 3.63) is 16.5 Å². The van der Waals surface area contributed by atoms with Crippen LogP contribution in [0.15, 0.2) is 0 Å². The maximum atomic E-state index is 5.88. The third-order valence-corrected chi connectivity index (χ3v) is 2.67. The van der Waals surface area contributed by atoms with Gasteiger partial charge in [0.1, 0.15) is 5.82 Å². The second-order valence-electron chi connectivity index (χ2n) is 3.61. The second kappa shape index (κ2) is 5.43. The lowest BCUT2D eigenvalue weighted by atomic mass is 10.1. The maximum absolute atomic E-state index is 5.88. The number of methoxy groups -OCH3 is 1. The Morgan fingerprint density at radius 1 is 1.50 bits per heavy atom. The molecule has 0 aromatic carbocycles. The Kier molecular flexibility index (Phi) is 3.93. The first kappa shape index (κ1) is 11.6. The zero-order chi connectivity index (χ0) is 11.4. The molecule has 1 aliphatic rings. The number of fused-ring (bicyclic) bond motifs is 1. The molecule has 0 spiro atoms. The number of aromatic nitrogens is 2. The predicted octanol–water partition coefficient (Wildman–Crippen LogP) is 0.834. The molecule has 1 aliphatic heterocycles. The highest BCUT2D eigenvalue weighted by Crippen LogP contribution is 2.21. The van der Waals surface area contributed by atoms with Gasteiger partial charge in [0.15, 0.2) is 0 Å². The van der Waals surface area contributed by atoms with Crippen LogP contribution < -0.4 is 10.6 Å². The minimum absolute atomic E-state index is 0.306. The van der Waals surface area contributed by atoms with E-state index in [4.69, 9.17) is 16.3 Å². The van der Waals surface area contributed by atoms with Crippen molar-refractivity contribution in [2.45, 2.75) is 13.0 Å². The number of ether oxygens (including phenoxy) is 1. The Morgan fingerprint density at radius 3 is 3.19 bits per heavy atom. The molecule has 0 saturated carbocycles. The number of halogens is 1. The molecule has 5 nitrogen and oxygen atoms in total. The maximum Gasteiger partial charge on any atom is 0.224 e. The van der Waals surface area contributed by atoms with Crippen molar-refractivity contribution in [3.8, 4) is 0 Å². The summed E-state index contributed by atoms with van der Waals surface area (Å²) >= 11 is 5.88. The highest BCUT2D eigenvalue weighted by molar-refractivity contribution is 6.28. The van der Waals surface area contributed by atoms with Gasteiger partial charge in [0, 0.05) is 38.7 Å². The molecule has 1 aromatic heterocycles. The molecule has 1 aromatic rings. The summed E-state index contributed by atoms with van der Waals surface area (Å²) in [5, 5.41) is 6.82. The van der Waals surface area contributed by atoms with Crippen LogP contribution in [0.4, 0.5) is 5.82 Å². The van der Waals surface area contributed by atoms with Gasteiger partial charge in [0.25, 0.3) is 0 Å². The van der Waals surface area contributed by atoms with Crippen molar-refractivity contribution in [1.29, 1.82) is 0 Å². The first-order valence-electron chi connectivity index (χ1n) is 5.30. The molecule has 6 heteroatoms. The summed E-state index contributed by atoms with van der Waals surface area (Å²) in [7, 11) is 1.67. The minimum Gasteiger partial charge on any atom is -0.383 e. The number of anilines is 1. The Hall–Kier alpha value is -0.910. The Bertz CT molecular complexity index is 372. The number of nitrogens with zero attached hydrogens (tertiary/aromatic N) is 2. The van der Waals surface area contributed by atoms with Crippen molar-refractivity contribution in [3.63, 3.8) is 0 Å². The van der Waals surface area contributed by atoms with Crippen molar-refractivity contribution in [2.75, 3.05) is 32.1 Å². The molecule has 0 unspecified atom stereocenters. The monoisotopic (exact) mass is 242 g/mol. The summed E-state index contributed by atoms with van der Waals surface area (Å²) in [5.41, 5.74) is 2.16. The van der Waals surface area contributed by atoms with E-state index in [9.17, 15) is 0 Å². The molecular weight excluding hydrogens is 228 g/mol. The van der Waals surface area contributed by atoms with Gasteiger partial charge in [0.05, 0.1) is 12.3 Å². The van der Waals surface area contributed by atoms with Gasteiger partial charge >= 0.3 is 0 Å².